The molecule has 2 N–H and O–H groups in total. The number of carbonyl (C=O) groups excluding carboxylic acids is 1. The number of anilines is 1. The molecule has 2 rings (SSSR count). The number of hydrogen-bond donors (Lipinski definition) is 1. The second-order valence-corrected chi connectivity index (χ2v) is 4.69. The van der Waals surface area contributed by atoms with E-state index in [1.165, 1.54) is 0 Å². The van der Waals surface area contributed by atoms with Crippen molar-refractivity contribution in [1.29, 1.82) is 0 Å². The maximum Gasteiger partial charge on any atom is 0.326 e. The lowest BCUT2D eigenvalue weighted by atomic mass is 10.1. The zero-order valence-corrected chi connectivity index (χ0v) is 12.0. The van der Waals surface area contributed by atoms with Gasteiger partial charge in [-0.2, -0.15) is 0 Å². The zero-order valence-electron chi connectivity index (χ0n) is 12.0. The molecule has 0 spiro atoms. The van der Waals surface area contributed by atoms with Crippen molar-refractivity contribution < 1.29 is 14.3 Å². The second-order valence-electron chi connectivity index (χ2n) is 4.69. The molecule has 0 aliphatic heterocycles. The van der Waals surface area contributed by atoms with Gasteiger partial charge in [-0.3, -0.25) is 9.36 Å². The lowest BCUT2D eigenvalue weighted by Crippen LogP contribution is -2.17. The van der Waals surface area contributed by atoms with Crippen LogP contribution in [0.4, 0.5) is 5.95 Å². The molecule has 0 fully saturated rings. The number of ether oxygens (including phenoxy) is 2. The highest BCUT2D eigenvalue weighted by molar-refractivity contribution is 5.82. The minimum absolute atomic E-state index is 0.0501. The third-order valence-corrected chi connectivity index (χ3v) is 3.23. The third kappa shape index (κ3) is 2.91. The Balaban J connectivity index is 2.23. The standard InChI is InChI=1S/C14H19N3O3/c1-9-6-11-12(7-10(9)2)17(14(15)16-11)8-13(18)20-5-4-19-3/h6-7H,4-5,8H2,1-3H3,(H2,15,16). The Bertz CT molecular complexity index is 634. The number of carbonyl (C=O) groups is 1. The van der Waals surface area contributed by atoms with Gasteiger partial charge in [0, 0.05) is 7.11 Å². The Morgan fingerprint density at radius 3 is 2.70 bits per heavy atom. The van der Waals surface area contributed by atoms with E-state index in [2.05, 4.69) is 4.98 Å². The smallest absolute Gasteiger partial charge is 0.326 e. The Morgan fingerprint density at radius 2 is 2.00 bits per heavy atom. The van der Waals surface area contributed by atoms with Crippen molar-refractivity contribution in [2.24, 2.45) is 0 Å². The average Bonchev–Trinajstić information content (AvgIpc) is 2.67. The van der Waals surface area contributed by atoms with Crippen LogP contribution in [0, 0.1) is 13.8 Å². The Labute approximate surface area is 117 Å². The molecule has 1 aromatic heterocycles. The highest BCUT2D eigenvalue weighted by atomic mass is 16.6. The summed E-state index contributed by atoms with van der Waals surface area (Å²) in [6.07, 6.45) is 0. The molecule has 6 nitrogen and oxygen atoms in total. The molecule has 0 unspecified atom stereocenters. The van der Waals surface area contributed by atoms with Crippen LogP contribution in [0.2, 0.25) is 0 Å². The van der Waals surface area contributed by atoms with Crippen molar-refractivity contribution in [3.8, 4) is 0 Å². The van der Waals surface area contributed by atoms with Gasteiger partial charge in [-0.05, 0) is 37.1 Å². The molecular weight excluding hydrogens is 258 g/mol. The van der Waals surface area contributed by atoms with Crippen molar-refractivity contribution in [3.63, 3.8) is 0 Å². The van der Waals surface area contributed by atoms with Gasteiger partial charge in [-0.15, -0.1) is 0 Å². The highest BCUT2D eigenvalue weighted by Gasteiger charge is 2.13. The molecule has 0 amide bonds. The first-order chi connectivity index (χ1) is 9.52. The van der Waals surface area contributed by atoms with Crippen LogP contribution in [0.1, 0.15) is 11.1 Å². The third-order valence-electron chi connectivity index (χ3n) is 3.23. The van der Waals surface area contributed by atoms with Gasteiger partial charge in [0.2, 0.25) is 5.95 Å². The number of nitrogens with two attached hydrogens (primary N) is 1. The molecule has 0 aliphatic carbocycles. The van der Waals surface area contributed by atoms with Gasteiger partial charge >= 0.3 is 5.97 Å². The zero-order chi connectivity index (χ0) is 14.7. The summed E-state index contributed by atoms with van der Waals surface area (Å²) in [4.78, 5) is 16.0. The molecule has 20 heavy (non-hydrogen) atoms. The van der Waals surface area contributed by atoms with E-state index >= 15 is 0 Å². The van der Waals surface area contributed by atoms with Gasteiger partial charge < -0.3 is 15.2 Å². The number of esters is 1. The molecular formula is C14H19N3O3. The normalized spacial score (nSPS) is 10.9. The van der Waals surface area contributed by atoms with E-state index < -0.39 is 0 Å². The number of aryl methyl sites for hydroxylation is 2. The van der Waals surface area contributed by atoms with E-state index in [0.717, 1.165) is 22.2 Å². The maximum atomic E-state index is 11.8. The van der Waals surface area contributed by atoms with E-state index in [0.29, 0.717) is 12.6 Å². The monoisotopic (exact) mass is 277 g/mol. The van der Waals surface area contributed by atoms with Crippen molar-refractivity contribution in [2.75, 3.05) is 26.1 Å². The molecule has 1 heterocycles. The van der Waals surface area contributed by atoms with Gasteiger partial charge in [0.15, 0.2) is 0 Å². The minimum Gasteiger partial charge on any atom is -0.462 e. The number of hydrogen-bond acceptors (Lipinski definition) is 5. The molecule has 0 saturated carbocycles. The van der Waals surface area contributed by atoms with Crippen LogP contribution in [0.5, 0.6) is 0 Å². The number of aromatic nitrogens is 2. The number of rotatable bonds is 5. The van der Waals surface area contributed by atoms with Crippen LogP contribution in [0.15, 0.2) is 12.1 Å². The minimum atomic E-state index is -0.355. The van der Waals surface area contributed by atoms with Gasteiger partial charge in [-0.25, -0.2) is 4.98 Å². The van der Waals surface area contributed by atoms with Crippen LogP contribution in [0.25, 0.3) is 11.0 Å². The van der Waals surface area contributed by atoms with E-state index in [1.807, 2.05) is 26.0 Å². The molecule has 1 aromatic carbocycles. The van der Waals surface area contributed by atoms with Crippen molar-refractivity contribution >= 4 is 23.0 Å². The SMILES string of the molecule is COCCOC(=O)Cn1c(N)nc2cc(C)c(C)cc21. The summed E-state index contributed by atoms with van der Waals surface area (Å²) in [5.41, 5.74) is 9.78. The summed E-state index contributed by atoms with van der Waals surface area (Å²) >= 11 is 0. The summed E-state index contributed by atoms with van der Waals surface area (Å²) in [6.45, 7) is 4.70. The van der Waals surface area contributed by atoms with Crippen molar-refractivity contribution in [1.82, 2.24) is 9.55 Å². The number of imidazole rings is 1. The quantitative estimate of drug-likeness (QED) is 0.660. The van der Waals surface area contributed by atoms with Gasteiger partial charge in [0.25, 0.3) is 0 Å². The Hall–Kier alpha value is -2.08. The molecule has 0 bridgehead atoms. The second kappa shape index (κ2) is 5.92. The fourth-order valence-electron chi connectivity index (χ4n) is 1.98. The van der Waals surface area contributed by atoms with Gasteiger partial charge in [0.05, 0.1) is 17.6 Å². The molecule has 2 aromatic rings. The van der Waals surface area contributed by atoms with E-state index in [4.69, 9.17) is 15.2 Å². The number of methoxy groups -OCH3 is 1. The molecule has 108 valence electrons. The van der Waals surface area contributed by atoms with Crippen LogP contribution >= 0.6 is 0 Å². The number of fused-ring (bicyclic) bond motifs is 1. The maximum absolute atomic E-state index is 11.8. The molecule has 0 radical (unpaired) electrons. The molecule has 0 saturated heterocycles. The van der Waals surface area contributed by atoms with E-state index in [9.17, 15) is 4.79 Å². The van der Waals surface area contributed by atoms with Crippen molar-refractivity contribution in [2.45, 2.75) is 20.4 Å². The Morgan fingerprint density at radius 1 is 1.30 bits per heavy atom. The number of nitrogen functional groups attached to an aromatic ring is 1. The van der Waals surface area contributed by atoms with Crippen molar-refractivity contribution in [3.05, 3.63) is 23.3 Å². The number of nitrogens with zero attached hydrogens (tertiary/aromatic N) is 2. The summed E-state index contributed by atoms with van der Waals surface area (Å²) in [7, 11) is 1.56. The fraction of sp³-hybridized carbons (Fsp3) is 0.429. The van der Waals surface area contributed by atoms with E-state index in [-0.39, 0.29) is 19.1 Å². The van der Waals surface area contributed by atoms with Crippen LogP contribution < -0.4 is 5.73 Å². The van der Waals surface area contributed by atoms with Crippen LogP contribution in [-0.2, 0) is 20.8 Å². The van der Waals surface area contributed by atoms with Gasteiger partial charge in [0.1, 0.15) is 13.2 Å². The van der Waals surface area contributed by atoms with Gasteiger partial charge in [-0.1, -0.05) is 0 Å². The molecule has 6 heteroatoms. The predicted octanol–water partition coefficient (Wildman–Crippen LogP) is 1.42. The fourth-order valence-corrected chi connectivity index (χ4v) is 1.98. The topological polar surface area (TPSA) is 79.4 Å². The molecule has 0 atom stereocenters. The van der Waals surface area contributed by atoms with Crippen LogP contribution in [0.3, 0.4) is 0 Å². The predicted molar refractivity (Wildman–Crippen MR) is 76.5 cm³/mol. The summed E-state index contributed by atoms with van der Waals surface area (Å²) in [6, 6.07) is 3.95. The highest BCUT2D eigenvalue weighted by Crippen LogP contribution is 2.21. The first-order valence-corrected chi connectivity index (χ1v) is 6.40. The first kappa shape index (κ1) is 14.3. The number of benzene rings is 1. The van der Waals surface area contributed by atoms with Crippen LogP contribution in [-0.4, -0.2) is 35.8 Å². The lowest BCUT2D eigenvalue weighted by Gasteiger charge is -2.08. The van der Waals surface area contributed by atoms with E-state index in [1.54, 1.807) is 11.7 Å². The molecule has 0 aliphatic rings. The Kier molecular flexibility index (Phi) is 4.24. The lowest BCUT2D eigenvalue weighted by molar-refractivity contribution is -0.145. The summed E-state index contributed by atoms with van der Waals surface area (Å²) in [5.74, 6) is -0.0417. The first-order valence-electron chi connectivity index (χ1n) is 6.40. The summed E-state index contributed by atoms with van der Waals surface area (Å²) in [5, 5.41) is 0. The average molecular weight is 277 g/mol. The largest absolute Gasteiger partial charge is 0.462 e. The summed E-state index contributed by atoms with van der Waals surface area (Å²) < 4.78 is 11.5.